The quantitative estimate of drug-likeness (QED) is 0.553. The van der Waals surface area contributed by atoms with Crippen LogP contribution in [-0.4, -0.2) is 50.8 Å². The summed E-state index contributed by atoms with van der Waals surface area (Å²) in [6.07, 6.45) is 0. The van der Waals surface area contributed by atoms with Gasteiger partial charge < -0.3 is 15.4 Å². The van der Waals surface area contributed by atoms with Gasteiger partial charge in [-0.1, -0.05) is 23.7 Å². The van der Waals surface area contributed by atoms with Gasteiger partial charge in [-0.2, -0.15) is 0 Å². The van der Waals surface area contributed by atoms with Gasteiger partial charge in [-0.3, -0.25) is 9.89 Å². The first kappa shape index (κ1) is 21.5. The monoisotopic (exact) mass is 422 g/mol. The van der Waals surface area contributed by atoms with Crippen LogP contribution in [0.25, 0.3) is 0 Å². The van der Waals surface area contributed by atoms with Gasteiger partial charge in [0.15, 0.2) is 5.96 Å². The Morgan fingerprint density at radius 3 is 2.69 bits per heavy atom. The van der Waals surface area contributed by atoms with E-state index in [0.717, 1.165) is 30.8 Å². The van der Waals surface area contributed by atoms with Crippen LogP contribution in [0, 0.1) is 11.6 Å². The minimum Gasteiger partial charge on any atom is -0.379 e. The lowest BCUT2D eigenvalue weighted by atomic mass is 10.0. The van der Waals surface area contributed by atoms with Crippen LogP contribution >= 0.6 is 11.6 Å². The van der Waals surface area contributed by atoms with Crippen LogP contribution in [-0.2, 0) is 11.3 Å². The Balaban J connectivity index is 1.66. The van der Waals surface area contributed by atoms with E-state index < -0.39 is 11.6 Å². The normalized spacial score (nSPS) is 16.5. The number of morpholine rings is 1. The highest BCUT2D eigenvalue weighted by atomic mass is 35.5. The first-order chi connectivity index (χ1) is 14.1. The maximum absolute atomic E-state index is 13.8. The van der Waals surface area contributed by atoms with E-state index >= 15 is 0 Å². The van der Waals surface area contributed by atoms with Crippen LogP contribution < -0.4 is 10.6 Å². The fourth-order valence-corrected chi connectivity index (χ4v) is 3.53. The molecule has 0 aromatic heterocycles. The van der Waals surface area contributed by atoms with E-state index in [2.05, 4.69) is 20.5 Å². The third-order valence-electron chi connectivity index (χ3n) is 4.86. The summed E-state index contributed by atoms with van der Waals surface area (Å²) in [5, 5.41) is 7.01. The molecule has 1 atom stereocenters. The predicted octanol–water partition coefficient (Wildman–Crippen LogP) is 3.36. The highest BCUT2D eigenvalue weighted by Crippen LogP contribution is 2.24. The topological polar surface area (TPSA) is 48.9 Å². The summed E-state index contributed by atoms with van der Waals surface area (Å²) in [5.41, 5.74) is 1.34. The average molecular weight is 423 g/mol. The van der Waals surface area contributed by atoms with Crippen molar-refractivity contribution in [1.29, 1.82) is 0 Å². The van der Waals surface area contributed by atoms with E-state index in [1.807, 2.05) is 24.3 Å². The molecule has 0 aliphatic carbocycles. The molecule has 1 aliphatic heterocycles. The van der Waals surface area contributed by atoms with Crippen molar-refractivity contribution in [3.05, 3.63) is 70.2 Å². The lowest BCUT2D eigenvalue weighted by molar-refractivity contribution is 0.0170. The zero-order chi connectivity index (χ0) is 20.6. The van der Waals surface area contributed by atoms with Gasteiger partial charge in [0.2, 0.25) is 0 Å². The molecular weight excluding hydrogens is 398 g/mol. The van der Waals surface area contributed by atoms with Gasteiger partial charge in [-0.15, -0.1) is 0 Å². The van der Waals surface area contributed by atoms with Crippen LogP contribution in [0.5, 0.6) is 0 Å². The molecule has 2 aromatic rings. The van der Waals surface area contributed by atoms with Crippen molar-refractivity contribution >= 4 is 17.6 Å². The zero-order valence-corrected chi connectivity index (χ0v) is 17.1. The summed E-state index contributed by atoms with van der Waals surface area (Å²) >= 11 is 6.20. The van der Waals surface area contributed by atoms with Gasteiger partial charge in [-0.05, 0) is 35.9 Å². The molecule has 0 radical (unpaired) electrons. The minimum atomic E-state index is -0.473. The number of ether oxygens (including phenoxy) is 1. The number of nitrogens with zero attached hydrogens (tertiary/aromatic N) is 2. The molecule has 156 valence electrons. The number of halogens is 3. The van der Waals surface area contributed by atoms with Gasteiger partial charge in [-0.25, -0.2) is 8.78 Å². The Hall–Kier alpha value is -2.22. The molecule has 0 saturated carbocycles. The molecule has 1 heterocycles. The standard InChI is InChI=1S/C21H25ClF2N4O/c1-25-21(26-13-16-12-18(23)5-6-19(16)24)27-14-20(28-7-9-29-10-8-28)15-3-2-4-17(22)11-15/h2-6,11-12,20H,7-10,13-14H2,1H3,(H2,25,26,27). The fraction of sp³-hybridized carbons (Fsp3) is 0.381. The van der Waals surface area contributed by atoms with E-state index in [4.69, 9.17) is 16.3 Å². The summed E-state index contributed by atoms with van der Waals surface area (Å²) in [5.74, 6) is -0.423. The average Bonchev–Trinajstić information content (AvgIpc) is 2.73. The molecule has 2 N–H and O–H groups in total. The fourth-order valence-electron chi connectivity index (χ4n) is 3.33. The molecule has 0 amide bonds. The molecule has 0 bridgehead atoms. The van der Waals surface area contributed by atoms with Crippen LogP contribution in [0.2, 0.25) is 5.02 Å². The van der Waals surface area contributed by atoms with Gasteiger partial charge in [0.1, 0.15) is 11.6 Å². The first-order valence-corrected chi connectivity index (χ1v) is 9.90. The van der Waals surface area contributed by atoms with Crippen molar-refractivity contribution in [3.8, 4) is 0 Å². The maximum Gasteiger partial charge on any atom is 0.191 e. The maximum atomic E-state index is 13.8. The summed E-state index contributed by atoms with van der Waals surface area (Å²) in [7, 11) is 1.64. The summed E-state index contributed by atoms with van der Waals surface area (Å²) in [4.78, 5) is 6.53. The molecule has 0 spiro atoms. The number of hydrogen-bond acceptors (Lipinski definition) is 3. The summed E-state index contributed by atoms with van der Waals surface area (Å²) < 4.78 is 32.7. The highest BCUT2D eigenvalue weighted by Gasteiger charge is 2.23. The number of nitrogens with one attached hydrogen (secondary N) is 2. The van der Waals surface area contributed by atoms with Crippen molar-refractivity contribution in [1.82, 2.24) is 15.5 Å². The molecular formula is C21H25ClF2N4O. The van der Waals surface area contributed by atoms with Crippen LogP contribution in [0.3, 0.4) is 0 Å². The Bertz CT molecular complexity index is 843. The molecule has 29 heavy (non-hydrogen) atoms. The molecule has 3 rings (SSSR count). The number of aliphatic imine (C=N–C) groups is 1. The van der Waals surface area contributed by atoms with E-state index in [9.17, 15) is 8.78 Å². The second-order valence-electron chi connectivity index (χ2n) is 6.76. The van der Waals surface area contributed by atoms with Crippen molar-refractivity contribution < 1.29 is 13.5 Å². The third kappa shape index (κ3) is 6.13. The second kappa shape index (κ2) is 10.5. The lowest BCUT2D eigenvalue weighted by Gasteiger charge is -2.35. The number of benzene rings is 2. The van der Waals surface area contributed by atoms with Crippen LogP contribution in [0.15, 0.2) is 47.5 Å². The molecule has 1 saturated heterocycles. The van der Waals surface area contributed by atoms with E-state index in [1.165, 1.54) is 6.07 Å². The first-order valence-electron chi connectivity index (χ1n) is 9.52. The van der Waals surface area contributed by atoms with Crippen molar-refractivity contribution in [3.63, 3.8) is 0 Å². The predicted molar refractivity (Wildman–Crippen MR) is 111 cm³/mol. The van der Waals surface area contributed by atoms with E-state index in [-0.39, 0.29) is 18.2 Å². The summed E-state index contributed by atoms with van der Waals surface area (Å²) in [6, 6.07) is 11.3. The van der Waals surface area contributed by atoms with Crippen LogP contribution in [0.4, 0.5) is 8.78 Å². The number of guanidine groups is 1. The Morgan fingerprint density at radius 1 is 1.17 bits per heavy atom. The van der Waals surface area contributed by atoms with Gasteiger partial charge in [0, 0.05) is 43.8 Å². The summed E-state index contributed by atoms with van der Waals surface area (Å²) in [6.45, 7) is 3.71. The van der Waals surface area contributed by atoms with Crippen molar-refractivity contribution in [2.45, 2.75) is 12.6 Å². The van der Waals surface area contributed by atoms with E-state index in [1.54, 1.807) is 7.05 Å². The van der Waals surface area contributed by atoms with Crippen molar-refractivity contribution in [2.24, 2.45) is 4.99 Å². The van der Waals surface area contributed by atoms with Gasteiger partial charge >= 0.3 is 0 Å². The lowest BCUT2D eigenvalue weighted by Crippen LogP contribution is -2.46. The Kier molecular flexibility index (Phi) is 7.80. The third-order valence-corrected chi connectivity index (χ3v) is 5.10. The Labute approximate surface area is 174 Å². The molecule has 1 aliphatic rings. The smallest absolute Gasteiger partial charge is 0.191 e. The van der Waals surface area contributed by atoms with E-state index in [0.29, 0.717) is 30.7 Å². The van der Waals surface area contributed by atoms with Crippen molar-refractivity contribution in [2.75, 3.05) is 39.9 Å². The molecule has 1 fully saturated rings. The minimum absolute atomic E-state index is 0.0713. The zero-order valence-electron chi connectivity index (χ0n) is 16.3. The van der Waals surface area contributed by atoms with Gasteiger partial charge in [0.25, 0.3) is 0 Å². The second-order valence-corrected chi connectivity index (χ2v) is 7.20. The molecule has 8 heteroatoms. The molecule has 2 aromatic carbocycles. The number of rotatable bonds is 6. The molecule has 1 unspecified atom stereocenters. The Morgan fingerprint density at radius 2 is 1.97 bits per heavy atom. The van der Waals surface area contributed by atoms with Gasteiger partial charge in [0.05, 0.1) is 19.3 Å². The highest BCUT2D eigenvalue weighted by molar-refractivity contribution is 6.30. The number of hydrogen-bond donors (Lipinski definition) is 2. The van der Waals surface area contributed by atoms with Crippen LogP contribution in [0.1, 0.15) is 17.2 Å². The molecule has 5 nitrogen and oxygen atoms in total. The SMILES string of the molecule is CN=C(NCc1cc(F)ccc1F)NCC(c1cccc(Cl)c1)N1CCOCC1. The largest absolute Gasteiger partial charge is 0.379 e.